The molecular weight excluding hydrogens is 892 g/mol. The van der Waals surface area contributed by atoms with Crippen molar-refractivity contribution in [3.63, 3.8) is 0 Å². The first kappa shape index (κ1) is 37.5. The van der Waals surface area contributed by atoms with Gasteiger partial charge in [-0.05, 0) is 11.6 Å². The normalized spacial score (nSPS) is 14.3. The van der Waals surface area contributed by atoms with Gasteiger partial charge in [-0.25, -0.2) is 0 Å². The second kappa shape index (κ2) is 14.5. The van der Waals surface area contributed by atoms with Gasteiger partial charge < -0.3 is 4.74 Å². The van der Waals surface area contributed by atoms with Crippen LogP contribution in [0.1, 0.15) is 25.0 Å². The summed E-state index contributed by atoms with van der Waals surface area (Å²) in [5.74, 6) is 3.65. The zero-order valence-corrected chi connectivity index (χ0v) is 37.6. The molecule has 10 aromatic rings. The van der Waals surface area contributed by atoms with E-state index in [1.54, 1.807) is 0 Å². The second-order valence-corrected chi connectivity index (χ2v) is 22.6. The summed E-state index contributed by atoms with van der Waals surface area (Å²) >= 11 is -2.23. The SMILES string of the molecule is CC1(C)c2ccccc2Oc2ccc(N(c3ccc(-c4ccccc4)cc3)c3ccc4c(c3)Oc3cccc5c3B4c3c(c4ccccc4c4ccccc34)I5c3ccccc3)cc21. The third-order valence-corrected chi connectivity index (χ3v) is 19.8. The zero-order valence-electron chi connectivity index (χ0n) is 35.4. The second-order valence-electron chi connectivity index (χ2n) is 17.5. The molecule has 0 aromatic heterocycles. The molecule has 0 radical (unpaired) electrons. The van der Waals surface area contributed by atoms with E-state index in [-0.39, 0.29) is 12.1 Å². The van der Waals surface area contributed by atoms with Gasteiger partial charge in [-0.2, -0.15) is 0 Å². The summed E-state index contributed by atoms with van der Waals surface area (Å²) in [7, 11) is 0. The van der Waals surface area contributed by atoms with Gasteiger partial charge in [0, 0.05) is 5.56 Å². The van der Waals surface area contributed by atoms with Crippen LogP contribution in [0, 0.1) is 10.7 Å². The maximum atomic E-state index is 7.20. The summed E-state index contributed by atoms with van der Waals surface area (Å²) in [6.07, 6.45) is 0. The summed E-state index contributed by atoms with van der Waals surface area (Å²) in [5, 5.41) is 5.34. The third kappa shape index (κ3) is 5.66. The van der Waals surface area contributed by atoms with E-state index in [2.05, 4.69) is 225 Å². The molecule has 3 heterocycles. The first-order valence-electron chi connectivity index (χ1n) is 22.0. The molecule has 0 saturated carbocycles. The fourth-order valence-corrected chi connectivity index (χ4v) is 17.5. The summed E-state index contributed by atoms with van der Waals surface area (Å²) in [6.45, 7) is 4.61. The molecule has 10 aromatic carbocycles. The first-order valence-corrected chi connectivity index (χ1v) is 25.3. The van der Waals surface area contributed by atoms with E-state index < -0.39 is 19.8 Å². The van der Waals surface area contributed by atoms with Gasteiger partial charge in [0.15, 0.2) is 0 Å². The Morgan fingerprint density at radius 1 is 0.422 bits per heavy atom. The van der Waals surface area contributed by atoms with E-state index >= 15 is 0 Å². The van der Waals surface area contributed by atoms with Crippen LogP contribution >= 0.6 is 19.8 Å². The summed E-state index contributed by atoms with van der Waals surface area (Å²) in [6, 6.07) is 77.8. The minimum atomic E-state index is -2.23. The van der Waals surface area contributed by atoms with Gasteiger partial charge >= 0.3 is 293 Å². The van der Waals surface area contributed by atoms with Crippen molar-refractivity contribution in [1.82, 2.24) is 0 Å². The molecule has 304 valence electrons. The van der Waals surface area contributed by atoms with E-state index in [0.29, 0.717) is 0 Å². The molecule has 3 aliphatic rings. The Kier molecular flexibility index (Phi) is 8.48. The quantitative estimate of drug-likeness (QED) is 0.0975. The number of halogens is 1. The molecule has 0 unspecified atom stereocenters. The third-order valence-electron chi connectivity index (χ3n) is 13.5. The number of hydrogen-bond acceptors (Lipinski definition) is 3. The fraction of sp³-hybridized carbons (Fsp3) is 0.0508. The topological polar surface area (TPSA) is 21.7 Å². The number of nitrogens with zero attached hydrogens (tertiary/aromatic N) is 1. The monoisotopic (exact) mass is 933 g/mol. The average Bonchev–Trinajstić information content (AvgIpc) is 3.35. The number of anilines is 3. The first-order chi connectivity index (χ1) is 31.5. The Morgan fingerprint density at radius 3 is 1.80 bits per heavy atom. The molecule has 0 bridgehead atoms. The maximum absolute atomic E-state index is 7.20. The number of ether oxygens (including phenoxy) is 2. The summed E-state index contributed by atoms with van der Waals surface area (Å²) in [5.41, 5.74) is 11.5. The van der Waals surface area contributed by atoms with Gasteiger partial charge in [0.25, 0.3) is 0 Å². The molecule has 0 N–H and O–H groups in total. The predicted octanol–water partition coefficient (Wildman–Crippen LogP) is 13.9. The Hall–Kier alpha value is -7.09. The Bertz CT molecular complexity index is 3500. The van der Waals surface area contributed by atoms with Crippen LogP contribution in [0.15, 0.2) is 212 Å². The number of fused-ring (bicyclic) bond motifs is 11. The van der Waals surface area contributed by atoms with Crippen molar-refractivity contribution in [3.8, 4) is 34.1 Å². The van der Waals surface area contributed by atoms with Crippen LogP contribution in [0.2, 0.25) is 0 Å². The van der Waals surface area contributed by atoms with Gasteiger partial charge in [-0.15, -0.1) is 0 Å². The van der Waals surface area contributed by atoms with E-state index in [4.69, 9.17) is 9.47 Å². The van der Waals surface area contributed by atoms with Crippen LogP contribution in [0.5, 0.6) is 23.0 Å². The van der Waals surface area contributed by atoms with Crippen LogP contribution in [0.25, 0.3) is 32.7 Å². The van der Waals surface area contributed by atoms with Gasteiger partial charge in [-0.1, -0.05) is 62.4 Å². The van der Waals surface area contributed by atoms with E-state index in [1.165, 1.54) is 65.3 Å². The van der Waals surface area contributed by atoms with Crippen molar-refractivity contribution in [1.29, 1.82) is 0 Å². The molecule has 64 heavy (non-hydrogen) atoms. The number of hydrogen-bond donors (Lipinski definition) is 0. The van der Waals surface area contributed by atoms with Crippen LogP contribution in [0.3, 0.4) is 0 Å². The van der Waals surface area contributed by atoms with E-state index in [1.807, 2.05) is 6.07 Å². The van der Waals surface area contributed by atoms with Crippen molar-refractivity contribution < 1.29 is 9.47 Å². The van der Waals surface area contributed by atoms with E-state index in [9.17, 15) is 0 Å². The van der Waals surface area contributed by atoms with Crippen molar-refractivity contribution >= 4 is 81.5 Å². The number of rotatable bonds is 5. The van der Waals surface area contributed by atoms with Crippen molar-refractivity contribution in [2.45, 2.75) is 19.3 Å². The van der Waals surface area contributed by atoms with Crippen molar-refractivity contribution in [3.05, 3.63) is 234 Å². The fourth-order valence-electron chi connectivity index (χ4n) is 10.5. The molecule has 0 atom stereocenters. The Balaban J connectivity index is 1.02. The van der Waals surface area contributed by atoms with Crippen LogP contribution in [-0.2, 0) is 5.41 Å². The minimum absolute atomic E-state index is 0.00568. The summed E-state index contributed by atoms with van der Waals surface area (Å²) < 4.78 is 18.2. The number of benzene rings is 10. The Labute approximate surface area is 381 Å². The predicted molar refractivity (Wildman–Crippen MR) is 274 cm³/mol. The van der Waals surface area contributed by atoms with Gasteiger partial charge in [0.1, 0.15) is 5.75 Å². The van der Waals surface area contributed by atoms with Crippen molar-refractivity contribution in [2.24, 2.45) is 0 Å². The van der Waals surface area contributed by atoms with Gasteiger partial charge in [-0.3, -0.25) is 0 Å². The average molecular weight is 934 g/mol. The van der Waals surface area contributed by atoms with Crippen LogP contribution in [0.4, 0.5) is 17.1 Å². The molecule has 0 amide bonds. The molecule has 0 saturated heterocycles. The van der Waals surface area contributed by atoms with E-state index in [0.717, 1.165) is 45.6 Å². The van der Waals surface area contributed by atoms with Crippen molar-refractivity contribution in [2.75, 3.05) is 4.90 Å². The molecule has 3 aliphatic heterocycles. The standard InChI is InChI=1S/C59H41BINO2/c1-59(2)48-24-13-14-26-52(48)63-53-35-33-42(36-49(53)59)62(41-30-28-39(29-31-41)38-16-5-3-6-17-38)43-32-34-50-55(37-43)64-54-27-15-25-51-57(54)60(50)56-46-22-11-9-20-44(46)45-21-10-12-23-47(45)58(56)61(51)40-18-7-4-8-19-40/h3-37H,1-2H3. The molecule has 0 aliphatic carbocycles. The van der Waals surface area contributed by atoms with Crippen LogP contribution < -0.4 is 30.8 Å². The molecule has 0 fully saturated rings. The number of para-hydroxylation sites is 1. The summed E-state index contributed by atoms with van der Waals surface area (Å²) in [4.78, 5) is 2.37. The molecular formula is C59H41BINO2. The molecule has 5 heteroatoms. The van der Waals surface area contributed by atoms with Crippen LogP contribution in [-0.4, -0.2) is 6.71 Å². The molecule has 13 rings (SSSR count). The molecule has 3 nitrogen and oxygen atoms in total. The molecule has 0 spiro atoms. The van der Waals surface area contributed by atoms with Gasteiger partial charge in [0.2, 0.25) is 0 Å². The van der Waals surface area contributed by atoms with Gasteiger partial charge in [0.05, 0.1) is 0 Å². The zero-order chi connectivity index (χ0) is 42.5. The Morgan fingerprint density at radius 2 is 1.00 bits per heavy atom.